The number of nitrogens with one attached hydrogen (secondary N) is 1. The first-order valence-corrected chi connectivity index (χ1v) is 11.6. The number of hydrogen-bond acceptors (Lipinski definition) is 3. The molecule has 1 aliphatic carbocycles. The first-order chi connectivity index (χ1) is 15.9. The molecule has 0 unspecified atom stereocenters. The molecule has 0 saturated heterocycles. The van der Waals surface area contributed by atoms with Crippen LogP contribution in [0.5, 0.6) is 11.6 Å². The second kappa shape index (κ2) is 10.1. The summed E-state index contributed by atoms with van der Waals surface area (Å²) in [6, 6.07) is 15.7. The number of halogens is 1. The maximum absolute atomic E-state index is 13.9. The first-order valence-electron chi connectivity index (χ1n) is 11.6. The van der Waals surface area contributed by atoms with Crippen LogP contribution in [0.2, 0.25) is 0 Å². The van der Waals surface area contributed by atoms with E-state index in [1.54, 1.807) is 16.8 Å². The zero-order valence-electron chi connectivity index (χ0n) is 19.4. The standard InChI is InChI=1S/C26H31FN4O2/c1-4-24-23(17-30(16-19-13-14-19)26(32)28-18(2)3)25(33-22-12-8-9-20(27)15-22)31(29-24)21-10-6-5-7-11-21/h5-12,15,18-19H,4,13-14,16-17H2,1-3H3,(H,28,32). The van der Waals surface area contributed by atoms with E-state index in [4.69, 9.17) is 9.84 Å². The first kappa shape index (κ1) is 22.8. The highest BCUT2D eigenvalue weighted by molar-refractivity contribution is 5.74. The average Bonchev–Trinajstić information content (AvgIpc) is 3.55. The number of ether oxygens (including phenoxy) is 1. The largest absolute Gasteiger partial charge is 0.438 e. The molecule has 1 saturated carbocycles. The zero-order chi connectivity index (χ0) is 23.4. The van der Waals surface area contributed by atoms with Crippen molar-refractivity contribution in [2.24, 2.45) is 5.92 Å². The Morgan fingerprint density at radius 1 is 1.21 bits per heavy atom. The number of amides is 2. The van der Waals surface area contributed by atoms with Crippen molar-refractivity contribution in [3.05, 3.63) is 71.7 Å². The highest BCUT2D eigenvalue weighted by Gasteiger charge is 2.30. The summed E-state index contributed by atoms with van der Waals surface area (Å²) < 4.78 is 21.9. The third-order valence-corrected chi connectivity index (χ3v) is 5.59. The summed E-state index contributed by atoms with van der Waals surface area (Å²) in [5.74, 6) is 1.05. The monoisotopic (exact) mass is 450 g/mol. The molecule has 2 aromatic carbocycles. The van der Waals surface area contributed by atoms with E-state index < -0.39 is 0 Å². The molecule has 2 amide bonds. The summed E-state index contributed by atoms with van der Waals surface area (Å²) in [5, 5.41) is 7.84. The summed E-state index contributed by atoms with van der Waals surface area (Å²) in [6.07, 6.45) is 2.96. The van der Waals surface area contributed by atoms with Crippen LogP contribution in [0, 0.1) is 11.7 Å². The molecule has 0 atom stereocenters. The van der Waals surface area contributed by atoms with E-state index in [1.165, 1.54) is 12.1 Å². The summed E-state index contributed by atoms with van der Waals surface area (Å²) >= 11 is 0. The molecule has 0 bridgehead atoms. The Labute approximate surface area is 194 Å². The van der Waals surface area contributed by atoms with Crippen molar-refractivity contribution in [1.82, 2.24) is 20.0 Å². The van der Waals surface area contributed by atoms with Crippen LogP contribution < -0.4 is 10.1 Å². The maximum atomic E-state index is 13.9. The van der Waals surface area contributed by atoms with Crippen molar-refractivity contribution in [3.8, 4) is 17.3 Å². The number of hydrogen-bond donors (Lipinski definition) is 1. The van der Waals surface area contributed by atoms with Gasteiger partial charge in [-0.1, -0.05) is 31.2 Å². The second-order valence-electron chi connectivity index (χ2n) is 8.82. The fraction of sp³-hybridized carbons (Fsp3) is 0.385. The molecule has 1 aromatic heterocycles. The fourth-order valence-corrected chi connectivity index (χ4v) is 3.77. The van der Waals surface area contributed by atoms with Gasteiger partial charge in [-0.25, -0.2) is 13.9 Å². The number of urea groups is 1. The molecule has 0 spiro atoms. The van der Waals surface area contributed by atoms with Gasteiger partial charge in [0.1, 0.15) is 11.6 Å². The minimum Gasteiger partial charge on any atom is -0.438 e. The Bertz CT molecular complexity index is 1090. The summed E-state index contributed by atoms with van der Waals surface area (Å²) in [7, 11) is 0. The second-order valence-corrected chi connectivity index (χ2v) is 8.82. The SMILES string of the molecule is CCc1nn(-c2ccccc2)c(Oc2cccc(F)c2)c1CN(CC1CC1)C(=O)NC(C)C. The van der Waals surface area contributed by atoms with Crippen molar-refractivity contribution in [2.75, 3.05) is 6.54 Å². The highest BCUT2D eigenvalue weighted by atomic mass is 19.1. The van der Waals surface area contributed by atoms with Gasteiger partial charge in [-0.05, 0) is 63.3 Å². The fourth-order valence-electron chi connectivity index (χ4n) is 3.77. The average molecular weight is 451 g/mol. The van der Waals surface area contributed by atoms with Crippen LogP contribution in [-0.2, 0) is 13.0 Å². The molecule has 1 heterocycles. The van der Waals surface area contributed by atoms with Crippen molar-refractivity contribution in [3.63, 3.8) is 0 Å². The van der Waals surface area contributed by atoms with E-state index in [0.717, 1.165) is 29.8 Å². The number of aryl methyl sites for hydroxylation is 1. The van der Waals surface area contributed by atoms with Crippen molar-refractivity contribution < 1.29 is 13.9 Å². The number of nitrogens with zero attached hydrogens (tertiary/aromatic N) is 3. The van der Waals surface area contributed by atoms with Crippen LogP contribution in [-0.4, -0.2) is 33.3 Å². The molecule has 33 heavy (non-hydrogen) atoms. The van der Waals surface area contributed by atoms with Gasteiger partial charge in [-0.3, -0.25) is 0 Å². The number of rotatable bonds is 9. The van der Waals surface area contributed by atoms with Gasteiger partial charge in [0.05, 0.1) is 23.5 Å². The van der Waals surface area contributed by atoms with Crippen LogP contribution in [0.1, 0.15) is 44.9 Å². The molecular weight excluding hydrogens is 419 g/mol. The number of aromatic nitrogens is 2. The van der Waals surface area contributed by atoms with E-state index in [0.29, 0.717) is 37.1 Å². The smallest absolute Gasteiger partial charge is 0.317 e. The topological polar surface area (TPSA) is 59.4 Å². The Hall–Kier alpha value is -3.35. The molecule has 4 rings (SSSR count). The molecule has 1 aliphatic rings. The maximum Gasteiger partial charge on any atom is 0.317 e. The minimum atomic E-state index is -0.373. The van der Waals surface area contributed by atoms with Gasteiger partial charge in [0.25, 0.3) is 0 Å². The molecule has 3 aromatic rings. The summed E-state index contributed by atoms with van der Waals surface area (Å²) in [4.78, 5) is 14.9. The third kappa shape index (κ3) is 5.72. The summed E-state index contributed by atoms with van der Waals surface area (Å²) in [5.41, 5.74) is 2.53. The predicted octanol–water partition coefficient (Wildman–Crippen LogP) is 5.70. The molecule has 6 nitrogen and oxygen atoms in total. The molecule has 0 radical (unpaired) electrons. The lowest BCUT2D eigenvalue weighted by Crippen LogP contribution is -2.43. The minimum absolute atomic E-state index is 0.0416. The van der Waals surface area contributed by atoms with E-state index in [9.17, 15) is 9.18 Å². The predicted molar refractivity (Wildman–Crippen MR) is 126 cm³/mol. The Morgan fingerprint density at radius 3 is 2.61 bits per heavy atom. The van der Waals surface area contributed by atoms with Crippen molar-refractivity contribution >= 4 is 6.03 Å². The quantitative estimate of drug-likeness (QED) is 0.455. The molecule has 0 aliphatic heterocycles. The molecular formula is C26H31FN4O2. The van der Waals surface area contributed by atoms with E-state index in [-0.39, 0.29) is 17.9 Å². The lowest BCUT2D eigenvalue weighted by Gasteiger charge is -2.25. The lowest BCUT2D eigenvalue weighted by atomic mass is 10.1. The van der Waals surface area contributed by atoms with Gasteiger partial charge in [-0.15, -0.1) is 0 Å². The Kier molecular flexibility index (Phi) is 6.96. The van der Waals surface area contributed by atoms with E-state index in [2.05, 4.69) is 5.32 Å². The Morgan fingerprint density at radius 2 is 1.97 bits per heavy atom. The van der Waals surface area contributed by atoms with E-state index >= 15 is 0 Å². The van der Waals surface area contributed by atoms with Crippen LogP contribution in [0.4, 0.5) is 9.18 Å². The third-order valence-electron chi connectivity index (χ3n) is 5.59. The number of benzene rings is 2. The molecule has 7 heteroatoms. The summed E-state index contributed by atoms with van der Waals surface area (Å²) in [6.45, 7) is 7.01. The Balaban J connectivity index is 1.76. The van der Waals surface area contributed by atoms with Gasteiger partial charge in [0.15, 0.2) is 0 Å². The van der Waals surface area contributed by atoms with Gasteiger partial charge in [-0.2, -0.15) is 5.10 Å². The van der Waals surface area contributed by atoms with Crippen molar-refractivity contribution in [2.45, 2.75) is 52.6 Å². The number of carbonyl (C=O) groups excluding carboxylic acids is 1. The number of carbonyl (C=O) groups is 1. The zero-order valence-corrected chi connectivity index (χ0v) is 19.4. The molecule has 1 fully saturated rings. The van der Waals surface area contributed by atoms with Gasteiger partial charge in [0, 0.05) is 18.7 Å². The lowest BCUT2D eigenvalue weighted by molar-refractivity contribution is 0.189. The van der Waals surface area contributed by atoms with Gasteiger partial charge >= 0.3 is 6.03 Å². The molecule has 1 N–H and O–H groups in total. The van der Waals surface area contributed by atoms with Crippen LogP contribution >= 0.6 is 0 Å². The van der Waals surface area contributed by atoms with Gasteiger partial charge < -0.3 is 15.0 Å². The van der Waals surface area contributed by atoms with Crippen molar-refractivity contribution in [1.29, 1.82) is 0 Å². The molecule has 174 valence electrons. The highest BCUT2D eigenvalue weighted by Crippen LogP contribution is 2.34. The van der Waals surface area contributed by atoms with Gasteiger partial charge in [0.2, 0.25) is 5.88 Å². The van der Waals surface area contributed by atoms with E-state index in [1.807, 2.05) is 56.0 Å². The van der Waals surface area contributed by atoms with Crippen LogP contribution in [0.3, 0.4) is 0 Å². The van der Waals surface area contributed by atoms with Crippen LogP contribution in [0.25, 0.3) is 5.69 Å². The number of para-hydroxylation sites is 1. The normalized spacial score (nSPS) is 13.2. The van der Waals surface area contributed by atoms with Crippen LogP contribution in [0.15, 0.2) is 54.6 Å².